The first-order chi connectivity index (χ1) is 9.58. The van der Waals surface area contributed by atoms with Gasteiger partial charge in [-0.05, 0) is 12.8 Å². The summed E-state index contributed by atoms with van der Waals surface area (Å²) in [5, 5.41) is 8.57. The number of ether oxygens (including phenoxy) is 1. The molecule has 1 aromatic rings. The second kappa shape index (κ2) is 6.29. The molecule has 0 saturated carbocycles. The first kappa shape index (κ1) is 14.2. The van der Waals surface area contributed by atoms with E-state index in [-0.39, 0.29) is 18.4 Å². The van der Waals surface area contributed by atoms with Crippen LogP contribution in [0.25, 0.3) is 0 Å². The Labute approximate surface area is 115 Å². The fraction of sp³-hybridized carbons (Fsp3) is 0.500. The van der Waals surface area contributed by atoms with Gasteiger partial charge in [-0.3, -0.25) is 4.79 Å². The highest BCUT2D eigenvalue weighted by atomic mass is 16.5. The molecule has 1 aliphatic rings. The van der Waals surface area contributed by atoms with E-state index in [2.05, 4.69) is 9.97 Å². The summed E-state index contributed by atoms with van der Waals surface area (Å²) in [7, 11) is 0. The molecular formula is C12H16N4O4. The average molecular weight is 280 g/mol. The Balaban J connectivity index is 1.97. The van der Waals surface area contributed by atoms with E-state index in [9.17, 15) is 9.59 Å². The molecule has 2 heterocycles. The van der Waals surface area contributed by atoms with Crippen LogP contribution in [0.5, 0.6) is 0 Å². The molecule has 108 valence electrons. The largest absolute Gasteiger partial charge is 0.480 e. The standard InChI is InChI=1S/C12H16N4O4/c13-11(19)10-12(15-4-3-14-10)16-5-1-8(2-6-16)20-7-9(17)18/h3-4,8H,1-2,5-7H2,(H2,13,19)(H,17,18). The minimum Gasteiger partial charge on any atom is -0.480 e. The van der Waals surface area contributed by atoms with Crippen molar-refractivity contribution in [2.75, 3.05) is 24.6 Å². The van der Waals surface area contributed by atoms with Crippen molar-refractivity contribution >= 4 is 17.7 Å². The minimum atomic E-state index is -0.975. The second-order valence-corrected chi connectivity index (χ2v) is 4.48. The van der Waals surface area contributed by atoms with E-state index >= 15 is 0 Å². The van der Waals surface area contributed by atoms with Crippen LogP contribution in [0.15, 0.2) is 12.4 Å². The lowest BCUT2D eigenvalue weighted by atomic mass is 10.1. The molecule has 8 heteroatoms. The van der Waals surface area contributed by atoms with Gasteiger partial charge in [-0.25, -0.2) is 14.8 Å². The Kier molecular flexibility index (Phi) is 4.46. The van der Waals surface area contributed by atoms with E-state index in [1.54, 1.807) is 0 Å². The molecule has 0 aliphatic carbocycles. The number of carboxylic acid groups (broad SMARTS) is 1. The number of piperidine rings is 1. The van der Waals surface area contributed by atoms with Gasteiger partial charge in [-0.15, -0.1) is 0 Å². The van der Waals surface area contributed by atoms with Crippen LogP contribution in [0.4, 0.5) is 5.82 Å². The zero-order valence-corrected chi connectivity index (χ0v) is 10.9. The number of aliphatic carboxylic acids is 1. The summed E-state index contributed by atoms with van der Waals surface area (Å²) in [5.41, 5.74) is 5.42. The van der Waals surface area contributed by atoms with Crippen LogP contribution in [0.1, 0.15) is 23.3 Å². The number of nitrogens with zero attached hydrogens (tertiary/aromatic N) is 3. The molecule has 1 fully saturated rings. The molecule has 1 aliphatic heterocycles. The zero-order chi connectivity index (χ0) is 14.5. The lowest BCUT2D eigenvalue weighted by molar-refractivity contribution is -0.144. The maximum absolute atomic E-state index is 11.3. The molecule has 0 radical (unpaired) electrons. The second-order valence-electron chi connectivity index (χ2n) is 4.48. The van der Waals surface area contributed by atoms with Crippen LogP contribution in [0.3, 0.4) is 0 Å². The summed E-state index contributed by atoms with van der Waals surface area (Å²) < 4.78 is 5.25. The van der Waals surface area contributed by atoms with E-state index in [1.165, 1.54) is 12.4 Å². The predicted octanol–water partition coefficient (Wildman–Crippen LogP) is -0.355. The maximum atomic E-state index is 11.3. The van der Waals surface area contributed by atoms with E-state index in [1.807, 2.05) is 4.90 Å². The van der Waals surface area contributed by atoms with Crippen LogP contribution < -0.4 is 10.6 Å². The highest BCUT2D eigenvalue weighted by molar-refractivity contribution is 5.95. The van der Waals surface area contributed by atoms with Crippen molar-refractivity contribution in [2.45, 2.75) is 18.9 Å². The molecule has 1 saturated heterocycles. The van der Waals surface area contributed by atoms with Crippen LogP contribution >= 0.6 is 0 Å². The first-order valence-electron chi connectivity index (χ1n) is 6.27. The summed E-state index contributed by atoms with van der Waals surface area (Å²) in [6.45, 7) is 0.939. The summed E-state index contributed by atoms with van der Waals surface area (Å²) in [5.74, 6) is -1.12. The monoisotopic (exact) mass is 280 g/mol. The molecule has 0 aromatic carbocycles. The molecule has 0 bridgehead atoms. The molecule has 0 atom stereocenters. The molecule has 0 unspecified atom stereocenters. The fourth-order valence-electron chi connectivity index (χ4n) is 2.16. The molecule has 1 amide bonds. The number of aromatic nitrogens is 2. The zero-order valence-electron chi connectivity index (χ0n) is 10.9. The van der Waals surface area contributed by atoms with Crippen molar-refractivity contribution in [3.05, 3.63) is 18.1 Å². The summed E-state index contributed by atoms with van der Waals surface area (Å²) in [6.07, 6.45) is 4.18. The summed E-state index contributed by atoms with van der Waals surface area (Å²) in [4.78, 5) is 31.8. The molecule has 1 aromatic heterocycles. The van der Waals surface area contributed by atoms with Gasteiger partial charge in [0, 0.05) is 25.5 Å². The number of anilines is 1. The summed E-state index contributed by atoms with van der Waals surface area (Å²) >= 11 is 0. The van der Waals surface area contributed by atoms with Gasteiger partial charge in [0.25, 0.3) is 5.91 Å². The van der Waals surface area contributed by atoms with Gasteiger partial charge in [0.1, 0.15) is 6.61 Å². The first-order valence-corrected chi connectivity index (χ1v) is 6.27. The fourth-order valence-corrected chi connectivity index (χ4v) is 2.16. The minimum absolute atomic E-state index is 0.0870. The van der Waals surface area contributed by atoms with Crippen molar-refractivity contribution in [1.82, 2.24) is 9.97 Å². The van der Waals surface area contributed by atoms with Gasteiger partial charge < -0.3 is 20.5 Å². The average Bonchev–Trinajstić information content (AvgIpc) is 2.45. The molecule has 8 nitrogen and oxygen atoms in total. The third-order valence-electron chi connectivity index (χ3n) is 3.10. The van der Waals surface area contributed by atoms with Crippen molar-refractivity contribution in [3.8, 4) is 0 Å². The number of hydrogen-bond acceptors (Lipinski definition) is 6. The molecule has 3 N–H and O–H groups in total. The molecule has 20 heavy (non-hydrogen) atoms. The Morgan fingerprint density at radius 1 is 1.35 bits per heavy atom. The van der Waals surface area contributed by atoms with Gasteiger partial charge >= 0.3 is 5.97 Å². The number of hydrogen-bond donors (Lipinski definition) is 2. The number of carbonyl (C=O) groups is 2. The lowest BCUT2D eigenvalue weighted by Crippen LogP contribution is -2.39. The third-order valence-corrected chi connectivity index (χ3v) is 3.10. The van der Waals surface area contributed by atoms with Crippen molar-refractivity contribution < 1.29 is 19.4 Å². The number of nitrogens with two attached hydrogens (primary N) is 1. The van der Waals surface area contributed by atoms with Gasteiger partial charge in [-0.2, -0.15) is 0 Å². The Bertz CT molecular complexity index is 500. The van der Waals surface area contributed by atoms with Crippen LogP contribution in [-0.4, -0.2) is 52.8 Å². The number of rotatable bonds is 5. The Morgan fingerprint density at radius 2 is 2.00 bits per heavy atom. The molecule has 0 spiro atoms. The normalized spacial score (nSPS) is 16.1. The highest BCUT2D eigenvalue weighted by Gasteiger charge is 2.24. The van der Waals surface area contributed by atoms with Crippen molar-refractivity contribution in [1.29, 1.82) is 0 Å². The SMILES string of the molecule is NC(=O)c1nccnc1N1CCC(OCC(=O)O)CC1. The van der Waals surface area contributed by atoms with Gasteiger partial charge in [0.05, 0.1) is 6.10 Å². The molecular weight excluding hydrogens is 264 g/mol. The topological polar surface area (TPSA) is 119 Å². The van der Waals surface area contributed by atoms with Gasteiger partial charge in [0.2, 0.25) is 0 Å². The lowest BCUT2D eigenvalue weighted by Gasteiger charge is -2.32. The van der Waals surface area contributed by atoms with E-state index in [0.29, 0.717) is 31.7 Å². The van der Waals surface area contributed by atoms with E-state index < -0.39 is 11.9 Å². The van der Waals surface area contributed by atoms with E-state index in [4.69, 9.17) is 15.6 Å². The summed E-state index contributed by atoms with van der Waals surface area (Å²) in [6, 6.07) is 0. The van der Waals surface area contributed by atoms with Crippen LogP contribution in [0, 0.1) is 0 Å². The number of primary amides is 1. The van der Waals surface area contributed by atoms with Gasteiger partial charge in [0.15, 0.2) is 11.5 Å². The third kappa shape index (κ3) is 3.41. The van der Waals surface area contributed by atoms with Crippen molar-refractivity contribution in [2.24, 2.45) is 5.73 Å². The number of carbonyl (C=O) groups excluding carboxylic acids is 1. The molecule has 2 rings (SSSR count). The maximum Gasteiger partial charge on any atom is 0.329 e. The Morgan fingerprint density at radius 3 is 2.60 bits per heavy atom. The van der Waals surface area contributed by atoms with Crippen LogP contribution in [-0.2, 0) is 9.53 Å². The van der Waals surface area contributed by atoms with Crippen molar-refractivity contribution in [3.63, 3.8) is 0 Å². The number of carboxylic acids is 1. The smallest absolute Gasteiger partial charge is 0.329 e. The number of amides is 1. The predicted molar refractivity (Wildman–Crippen MR) is 69.4 cm³/mol. The van der Waals surface area contributed by atoms with E-state index in [0.717, 1.165) is 0 Å². The quantitative estimate of drug-likeness (QED) is 0.756. The highest BCUT2D eigenvalue weighted by Crippen LogP contribution is 2.21. The van der Waals surface area contributed by atoms with Gasteiger partial charge in [-0.1, -0.05) is 0 Å². The van der Waals surface area contributed by atoms with Crippen LogP contribution in [0.2, 0.25) is 0 Å². The Hall–Kier alpha value is -2.22.